The molecule has 0 amide bonds. The molecule has 5 heteroatoms. The molecule has 0 aromatic carbocycles. The Balaban J connectivity index is 2.43. The largest absolute Gasteiger partial charge is 0.493 e. The van der Waals surface area contributed by atoms with E-state index in [0.29, 0.717) is 11.4 Å². The van der Waals surface area contributed by atoms with Crippen LogP contribution in [0.5, 0.6) is 5.75 Å². The number of nitrogens with zero attached hydrogens (tertiary/aromatic N) is 2. The lowest BCUT2D eigenvalue weighted by molar-refractivity contribution is 0.0699. The molecule has 112 valence electrons. The zero-order valence-electron chi connectivity index (χ0n) is 12.9. The number of ether oxygens (including phenoxy) is 1. The van der Waals surface area contributed by atoms with E-state index in [4.69, 9.17) is 4.74 Å². The molecule has 0 aliphatic carbocycles. The molecular formula is C15H25N3O2. The Labute approximate surface area is 120 Å². The normalized spacial score (nSPS) is 18.2. The summed E-state index contributed by atoms with van der Waals surface area (Å²) in [6.07, 6.45) is 4.28. The number of carbonyl (C=O) groups is 1. The molecule has 2 heterocycles. The molecule has 1 aliphatic rings. The zero-order chi connectivity index (χ0) is 14.8. The molecule has 0 radical (unpaired) electrons. The molecule has 1 fully saturated rings. The minimum absolute atomic E-state index is 0.147. The second-order valence-electron chi connectivity index (χ2n) is 5.81. The van der Waals surface area contributed by atoms with E-state index in [9.17, 15) is 4.79 Å². The number of hydrogen-bond acceptors (Lipinski definition) is 4. The van der Waals surface area contributed by atoms with E-state index in [1.54, 1.807) is 18.0 Å². The van der Waals surface area contributed by atoms with E-state index in [0.717, 1.165) is 32.4 Å². The second-order valence-corrected chi connectivity index (χ2v) is 5.81. The van der Waals surface area contributed by atoms with Gasteiger partial charge in [0.15, 0.2) is 11.5 Å². The average Bonchev–Trinajstić information content (AvgIpc) is 2.91. The molecule has 5 nitrogen and oxygen atoms in total. The number of methoxy groups -OCH3 is 1. The number of piperidine rings is 1. The van der Waals surface area contributed by atoms with Gasteiger partial charge in [-0.05, 0) is 46.2 Å². The Kier molecular flexibility index (Phi) is 4.48. The van der Waals surface area contributed by atoms with Crippen LogP contribution in [0.15, 0.2) is 6.20 Å². The highest BCUT2D eigenvalue weighted by Crippen LogP contribution is 2.38. The van der Waals surface area contributed by atoms with Gasteiger partial charge < -0.3 is 10.1 Å². The molecule has 0 saturated carbocycles. The molecule has 0 spiro atoms. The van der Waals surface area contributed by atoms with E-state index >= 15 is 0 Å². The summed E-state index contributed by atoms with van der Waals surface area (Å²) in [5, 5.41) is 7.66. The van der Waals surface area contributed by atoms with Crippen LogP contribution in [0, 0.1) is 5.41 Å². The lowest BCUT2D eigenvalue weighted by atomic mass is 9.72. The number of Topliss-reactive ketones (excluding diaryl/α,β-unsaturated/α-hetero) is 1. The molecule has 2 rings (SSSR count). The molecule has 1 aliphatic heterocycles. The van der Waals surface area contributed by atoms with Crippen LogP contribution in [0.4, 0.5) is 0 Å². The summed E-state index contributed by atoms with van der Waals surface area (Å²) in [4.78, 5) is 13.2. The van der Waals surface area contributed by atoms with Crippen molar-refractivity contribution >= 4 is 5.78 Å². The summed E-state index contributed by atoms with van der Waals surface area (Å²) in [6.45, 7) is 7.97. The van der Waals surface area contributed by atoms with Gasteiger partial charge in [0, 0.05) is 11.5 Å². The van der Waals surface area contributed by atoms with Crippen LogP contribution < -0.4 is 10.1 Å². The predicted molar refractivity (Wildman–Crippen MR) is 78.3 cm³/mol. The maximum Gasteiger partial charge on any atom is 0.190 e. The van der Waals surface area contributed by atoms with Gasteiger partial charge in [-0.3, -0.25) is 9.48 Å². The number of aromatic nitrogens is 2. The fraction of sp³-hybridized carbons (Fsp3) is 0.733. The smallest absolute Gasteiger partial charge is 0.190 e. The first-order chi connectivity index (χ1) is 9.55. The Morgan fingerprint density at radius 1 is 1.50 bits per heavy atom. The van der Waals surface area contributed by atoms with Crippen LogP contribution >= 0.6 is 0 Å². The van der Waals surface area contributed by atoms with E-state index in [2.05, 4.69) is 17.3 Å². The number of hydrogen-bond donors (Lipinski definition) is 1. The maximum absolute atomic E-state index is 13.2. The molecule has 1 saturated heterocycles. The van der Waals surface area contributed by atoms with Crippen LogP contribution in [0.2, 0.25) is 0 Å². The molecule has 1 aromatic rings. The number of carbonyl (C=O) groups excluding carboxylic acids is 1. The monoisotopic (exact) mass is 279 g/mol. The number of nitrogens with one attached hydrogen (secondary N) is 1. The van der Waals surface area contributed by atoms with Crippen molar-refractivity contribution in [2.24, 2.45) is 5.41 Å². The summed E-state index contributed by atoms with van der Waals surface area (Å²) in [5.74, 6) is 0.777. The molecule has 20 heavy (non-hydrogen) atoms. The van der Waals surface area contributed by atoms with Crippen molar-refractivity contribution in [3.63, 3.8) is 0 Å². The summed E-state index contributed by atoms with van der Waals surface area (Å²) in [5.41, 5.74) is 0.358. The van der Waals surface area contributed by atoms with Gasteiger partial charge in [-0.2, -0.15) is 5.10 Å². The quantitative estimate of drug-likeness (QED) is 0.841. The highest BCUT2D eigenvalue weighted by Gasteiger charge is 2.41. The van der Waals surface area contributed by atoms with Gasteiger partial charge in [0.05, 0.1) is 13.3 Å². The fourth-order valence-electron chi connectivity index (χ4n) is 3.00. The number of ketones is 1. The summed E-state index contributed by atoms with van der Waals surface area (Å²) < 4.78 is 7.15. The van der Waals surface area contributed by atoms with Gasteiger partial charge in [-0.1, -0.05) is 6.92 Å². The van der Waals surface area contributed by atoms with Crippen molar-refractivity contribution in [2.45, 2.75) is 46.1 Å². The summed E-state index contributed by atoms with van der Waals surface area (Å²) >= 11 is 0. The zero-order valence-corrected chi connectivity index (χ0v) is 12.9. The van der Waals surface area contributed by atoms with Crippen LogP contribution in [0.3, 0.4) is 0 Å². The maximum atomic E-state index is 13.2. The predicted octanol–water partition coefficient (Wildman–Crippen LogP) is 2.44. The third-order valence-electron chi connectivity index (χ3n) is 4.41. The summed E-state index contributed by atoms with van der Waals surface area (Å²) in [6, 6.07) is 0.147. The minimum atomic E-state index is -0.273. The van der Waals surface area contributed by atoms with Crippen LogP contribution in [0.25, 0.3) is 0 Å². The number of rotatable bonds is 5. The lowest BCUT2D eigenvalue weighted by Crippen LogP contribution is -2.42. The first kappa shape index (κ1) is 15.0. The van der Waals surface area contributed by atoms with E-state index in [1.165, 1.54) is 0 Å². The lowest BCUT2D eigenvalue weighted by Gasteiger charge is -2.35. The Morgan fingerprint density at radius 3 is 2.65 bits per heavy atom. The molecule has 0 unspecified atom stereocenters. The third-order valence-corrected chi connectivity index (χ3v) is 4.41. The molecule has 1 aromatic heterocycles. The van der Waals surface area contributed by atoms with Gasteiger partial charge in [-0.15, -0.1) is 0 Å². The van der Waals surface area contributed by atoms with Crippen molar-refractivity contribution in [3.05, 3.63) is 11.9 Å². The highest BCUT2D eigenvalue weighted by atomic mass is 16.5. The van der Waals surface area contributed by atoms with Crippen LogP contribution in [-0.4, -0.2) is 35.8 Å². The first-order valence-electron chi connectivity index (χ1n) is 7.42. The van der Waals surface area contributed by atoms with Gasteiger partial charge in [-0.25, -0.2) is 0 Å². The Hall–Kier alpha value is -1.36. The standard InChI is InChI=1S/C15H25N3O2/c1-5-15(6-8-16-9-7-15)14(19)13-12(20-4)10-17-18(13)11(2)3/h10-11,16H,5-9H2,1-4H3. The van der Waals surface area contributed by atoms with Crippen molar-refractivity contribution in [1.82, 2.24) is 15.1 Å². The molecule has 1 N–H and O–H groups in total. The van der Waals surface area contributed by atoms with Crippen molar-refractivity contribution in [1.29, 1.82) is 0 Å². The van der Waals surface area contributed by atoms with Gasteiger partial charge in [0.1, 0.15) is 5.69 Å². The van der Waals surface area contributed by atoms with Gasteiger partial charge >= 0.3 is 0 Å². The van der Waals surface area contributed by atoms with E-state index in [-0.39, 0.29) is 17.2 Å². The van der Waals surface area contributed by atoms with Crippen LogP contribution in [-0.2, 0) is 0 Å². The van der Waals surface area contributed by atoms with Gasteiger partial charge in [0.25, 0.3) is 0 Å². The Bertz CT molecular complexity index is 473. The third kappa shape index (κ3) is 2.46. The minimum Gasteiger partial charge on any atom is -0.493 e. The van der Waals surface area contributed by atoms with E-state index < -0.39 is 0 Å². The average molecular weight is 279 g/mol. The van der Waals surface area contributed by atoms with Crippen molar-refractivity contribution in [3.8, 4) is 5.75 Å². The van der Waals surface area contributed by atoms with Crippen molar-refractivity contribution < 1.29 is 9.53 Å². The second kappa shape index (κ2) is 5.95. The first-order valence-corrected chi connectivity index (χ1v) is 7.42. The Morgan fingerprint density at radius 2 is 2.15 bits per heavy atom. The molecular weight excluding hydrogens is 254 g/mol. The molecule has 0 atom stereocenters. The SMILES string of the molecule is CCC1(C(=O)c2c(OC)cnn2C(C)C)CCNCC1. The van der Waals surface area contributed by atoms with Crippen LogP contribution in [0.1, 0.15) is 56.6 Å². The highest BCUT2D eigenvalue weighted by molar-refractivity contribution is 6.01. The summed E-state index contributed by atoms with van der Waals surface area (Å²) in [7, 11) is 1.60. The molecule has 0 bridgehead atoms. The van der Waals surface area contributed by atoms with E-state index in [1.807, 2.05) is 13.8 Å². The fourth-order valence-corrected chi connectivity index (χ4v) is 3.00. The topological polar surface area (TPSA) is 56.1 Å². The van der Waals surface area contributed by atoms with Crippen molar-refractivity contribution in [2.75, 3.05) is 20.2 Å². The van der Waals surface area contributed by atoms with Gasteiger partial charge in [0.2, 0.25) is 0 Å².